The van der Waals surface area contributed by atoms with Gasteiger partial charge in [0, 0.05) is 6.00 Å². The predicted molar refractivity (Wildman–Crippen MR) is 42.7 cm³/mol. The van der Waals surface area contributed by atoms with Gasteiger partial charge in [0.2, 0.25) is 0 Å². The first kappa shape index (κ1) is 9.99. The molecule has 1 aliphatic heterocycles. The molecule has 12 heavy (non-hydrogen) atoms. The van der Waals surface area contributed by atoms with Crippen molar-refractivity contribution < 1.29 is 20.1 Å². The zero-order chi connectivity index (χ0) is 9.57. The van der Waals surface area contributed by atoms with Crippen LogP contribution in [-0.2, 0) is 4.74 Å². The number of rotatable bonds is 1. The molecule has 1 saturated heterocycles. The number of ether oxygens (including phenoxy) is 1. The standard InChI is InChI=1S/C7H13BO4/c1-6(3-9)4(10)7(2,11)5(8)12-6/h4-5,9-11H,3H2,1-2H3/t4-,5?,6?,7-/m1/s1. The molecule has 2 radical (unpaired) electrons. The van der Waals surface area contributed by atoms with E-state index in [1.165, 1.54) is 13.8 Å². The molecule has 0 aromatic heterocycles. The van der Waals surface area contributed by atoms with Crippen LogP contribution in [0.15, 0.2) is 0 Å². The largest absolute Gasteiger partial charge is 0.393 e. The van der Waals surface area contributed by atoms with Gasteiger partial charge in [0.25, 0.3) is 0 Å². The highest BCUT2D eigenvalue weighted by Crippen LogP contribution is 2.36. The van der Waals surface area contributed by atoms with E-state index in [9.17, 15) is 10.2 Å². The second-order valence-corrected chi connectivity index (χ2v) is 3.64. The molecular formula is C7H13BO4. The second kappa shape index (κ2) is 2.70. The summed E-state index contributed by atoms with van der Waals surface area (Å²) >= 11 is 0. The molecule has 0 saturated carbocycles. The zero-order valence-corrected chi connectivity index (χ0v) is 7.19. The third kappa shape index (κ3) is 1.17. The summed E-state index contributed by atoms with van der Waals surface area (Å²) in [7, 11) is 5.41. The molecule has 1 heterocycles. The molecule has 5 heteroatoms. The summed E-state index contributed by atoms with van der Waals surface area (Å²) in [6.07, 6.45) is -1.18. The Morgan fingerprint density at radius 3 is 2.17 bits per heavy atom. The Morgan fingerprint density at radius 1 is 1.50 bits per heavy atom. The Balaban J connectivity index is 2.90. The molecule has 0 aromatic carbocycles. The fourth-order valence-corrected chi connectivity index (χ4v) is 1.37. The molecule has 4 nitrogen and oxygen atoms in total. The molecule has 1 rings (SSSR count). The van der Waals surface area contributed by atoms with Gasteiger partial charge in [-0.2, -0.15) is 0 Å². The molecule has 0 aromatic rings. The van der Waals surface area contributed by atoms with Crippen LogP contribution >= 0.6 is 0 Å². The minimum Gasteiger partial charge on any atom is -0.393 e. The number of aliphatic hydroxyl groups is 3. The fourth-order valence-electron chi connectivity index (χ4n) is 1.37. The lowest BCUT2D eigenvalue weighted by Crippen LogP contribution is -2.50. The Hall–Kier alpha value is -0.0951. The van der Waals surface area contributed by atoms with Gasteiger partial charge in [-0.1, -0.05) is 0 Å². The fraction of sp³-hybridized carbons (Fsp3) is 1.00. The summed E-state index contributed by atoms with van der Waals surface area (Å²) in [5, 5.41) is 28.0. The van der Waals surface area contributed by atoms with Crippen LogP contribution < -0.4 is 0 Å². The molecule has 0 amide bonds. The maximum absolute atomic E-state index is 9.59. The van der Waals surface area contributed by atoms with Crippen molar-refractivity contribution in [1.29, 1.82) is 0 Å². The number of hydrogen-bond acceptors (Lipinski definition) is 4. The van der Waals surface area contributed by atoms with E-state index in [4.69, 9.17) is 17.7 Å². The van der Waals surface area contributed by atoms with Crippen LogP contribution in [0.4, 0.5) is 0 Å². The average molecular weight is 172 g/mol. The average Bonchev–Trinajstić information content (AvgIpc) is 2.14. The van der Waals surface area contributed by atoms with Crippen molar-refractivity contribution in [1.82, 2.24) is 0 Å². The second-order valence-electron chi connectivity index (χ2n) is 3.64. The summed E-state index contributed by atoms with van der Waals surface area (Å²) in [5.74, 6) is 0. The highest BCUT2D eigenvalue weighted by molar-refractivity contribution is 6.12. The van der Waals surface area contributed by atoms with Crippen molar-refractivity contribution in [3.63, 3.8) is 0 Å². The molecule has 1 fully saturated rings. The zero-order valence-electron chi connectivity index (χ0n) is 7.19. The molecule has 68 valence electrons. The molecule has 0 spiro atoms. The molecule has 1 aliphatic rings. The molecule has 0 bridgehead atoms. The lowest BCUT2D eigenvalue weighted by atomic mass is 9.80. The van der Waals surface area contributed by atoms with Gasteiger partial charge in [-0.05, 0) is 13.8 Å². The van der Waals surface area contributed by atoms with Crippen LogP contribution in [0, 0.1) is 0 Å². The van der Waals surface area contributed by atoms with Gasteiger partial charge in [-0.15, -0.1) is 0 Å². The molecule has 0 aliphatic carbocycles. The van der Waals surface area contributed by atoms with E-state index in [-0.39, 0.29) is 6.61 Å². The normalized spacial score (nSPS) is 54.4. The quantitative estimate of drug-likeness (QED) is 0.415. The van der Waals surface area contributed by atoms with Crippen LogP contribution in [-0.4, -0.2) is 53.1 Å². The minimum absolute atomic E-state index is 0.377. The lowest BCUT2D eigenvalue weighted by molar-refractivity contribution is -0.0937. The van der Waals surface area contributed by atoms with E-state index in [1.54, 1.807) is 0 Å². The third-order valence-electron chi connectivity index (χ3n) is 2.42. The summed E-state index contributed by atoms with van der Waals surface area (Å²) in [6, 6.07) is -0.968. The van der Waals surface area contributed by atoms with Gasteiger partial charge in [-0.3, -0.25) is 0 Å². The lowest BCUT2D eigenvalue weighted by Gasteiger charge is -2.28. The Bertz CT molecular complexity index is 184. The van der Waals surface area contributed by atoms with Crippen molar-refractivity contribution >= 4 is 7.85 Å². The van der Waals surface area contributed by atoms with Gasteiger partial charge >= 0.3 is 0 Å². The molecular weight excluding hydrogens is 159 g/mol. The third-order valence-corrected chi connectivity index (χ3v) is 2.42. The Morgan fingerprint density at radius 2 is 2.00 bits per heavy atom. The highest BCUT2D eigenvalue weighted by Gasteiger charge is 2.55. The SMILES string of the molecule is [B]C1OC(C)(CO)[C@@H](O)[C@@]1(C)O. The van der Waals surface area contributed by atoms with Crippen molar-refractivity contribution in [2.24, 2.45) is 0 Å². The van der Waals surface area contributed by atoms with Crippen LogP contribution in [0.5, 0.6) is 0 Å². The van der Waals surface area contributed by atoms with Crippen molar-refractivity contribution in [2.75, 3.05) is 6.61 Å². The number of hydrogen-bond donors (Lipinski definition) is 3. The molecule has 2 unspecified atom stereocenters. The highest BCUT2D eigenvalue weighted by atomic mass is 16.6. The van der Waals surface area contributed by atoms with Crippen molar-refractivity contribution in [3.05, 3.63) is 0 Å². The van der Waals surface area contributed by atoms with E-state index < -0.39 is 23.3 Å². The van der Waals surface area contributed by atoms with Crippen LogP contribution in [0.25, 0.3) is 0 Å². The van der Waals surface area contributed by atoms with Gasteiger partial charge in [0.1, 0.15) is 25.2 Å². The maximum atomic E-state index is 9.59. The van der Waals surface area contributed by atoms with E-state index in [2.05, 4.69) is 0 Å². The monoisotopic (exact) mass is 172 g/mol. The molecule has 3 N–H and O–H groups in total. The topological polar surface area (TPSA) is 69.9 Å². The number of aliphatic hydroxyl groups excluding tert-OH is 2. The molecule has 4 atom stereocenters. The van der Waals surface area contributed by atoms with Gasteiger partial charge < -0.3 is 20.1 Å². The van der Waals surface area contributed by atoms with Gasteiger partial charge in [0.15, 0.2) is 0 Å². The van der Waals surface area contributed by atoms with E-state index in [0.29, 0.717) is 0 Å². The first-order chi connectivity index (χ1) is 5.34. The first-order valence-corrected chi connectivity index (χ1v) is 3.79. The summed E-state index contributed by atoms with van der Waals surface area (Å²) in [6.45, 7) is 2.50. The first-order valence-electron chi connectivity index (χ1n) is 3.79. The summed E-state index contributed by atoms with van der Waals surface area (Å²) < 4.78 is 5.05. The predicted octanol–water partition coefficient (Wildman–Crippen LogP) is -1.63. The smallest absolute Gasteiger partial charge is 0.116 e. The van der Waals surface area contributed by atoms with Crippen LogP contribution in [0.1, 0.15) is 13.8 Å². The summed E-state index contributed by atoms with van der Waals surface area (Å²) in [5.41, 5.74) is -2.67. The Labute approximate surface area is 72.6 Å². The van der Waals surface area contributed by atoms with Gasteiger partial charge in [-0.25, -0.2) is 0 Å². The van der Waals surface area contributed by atoms with Crippen molar-refractivity contribution in [3.8, 4) is 0 Å². The van der Waals surface area contributed by atoms with Crippen molar-refractivity contribution in [2.45, 2.75) is 37.2 Å². The van der Waals surface area contributed by atoms with Gasteiger partial charge in [0.05, 0.1) is 6.61 Å². The van der Waals surface area contributed by atoms with Crippen LogP contribution in [0.2, 0.25) is 0 Å². The summed E-state index contributed by atoms with van der Waals surface area (Å²) in [4.78, 5) is 0. The minimum atomic E-state index is -1.50. The van der Waals surface area contributed by atoms with E-state index in [1.807, 2.05) is 0 Å². The maximum Gasteiger partial charge on any atom is 0.116 e. The van der Waals surface area contributed by atoms with E-state index in [0.717, 1.165) is 0 Å². The van der Waals surface area contributed by atoms with Crippen LogP contribution in [0.3, 0.4) is 0 Å². The Kier molecular flexibility index (Phi) is 2.25. The van der Waals surface area contributed by atoms with E-state index >= 15 is 0 Å².